The molecule has 0 aliphatic carbocycles. The van der Waals surface area contributed by atoms with Gasteiger partial charge in [-0.3, -0.25) is 0 Å². The van der Waals surface area contributed by atoms with Crippen LogP contribution in [0.25, 0.3) is 0 Å². The zero-order chi connectivity index (χ0) is 13.0. The smallest absolute Gasteiger partial charge is 0.168 e. The van der Waals surface area contributed by atoms with E-state index >= 15 is 0 Å². The van der Waals surface area contributed by atoms with Gasteiger partial charge in [-0.2, -0.15) is 5.26 Å². The Morgan fingerprint density at radius 1 is 1.44 bits per heavy atom. The van der Waals surface area contributed by atoms with Gasteiger partial charge in [-0.1, -0.05) is 17.7 Å². The highest BCUT2D eigenvalue weighted by Gasteiger charge is 2.04. The van der Waals surface area contributed by atoms with E-state index in [1.807, 2.05) is 6.07 Å². The van der Waals surface area contributed by atoms with Crippen molar-refractivity contribution in [2.24, 2.45) is 0 Å². The molecule has 0 bridgehead atoms. The predicted molar refractivity (Wildman–Crippen MR) is 66.9 cm³/mol. The summed E-state index contributed by atoms with van der Waals surface area (Å²) >= 11 is 5.82. The average molecular weight is 261 g/mol. The van der Waals surface area contributed by atoms with Crippen LogP contribution in [-0.2, 0) is 6.61 Å². The molecule has 90 valence electrons. The lowest BCUT2D eigenvalue weighted by Crippen LogP contribution is -2.05. The van der Waals surface area contributed by atoms with Crippen LogP contribution in [0.2, 0.25) is 5.02 Å². The van der Waals surface area contributed by atoms with Crippen LogP contribution < -0.4 is 10.5 Å². The third-order valence-electron chi connectivity index (χ3n) is 2.15. The predicted octanol–water partition coefficient (Wildman–Crippen LogP) is 2.16. The minimum Gasteiger partial charge on any atom is -0.486 e. The van der Waals surface area contributed by atoms with Crippen molar-refractivity contribution in [1.29, 1.82) is 5.26 Å². The number of nitrogen functional groups attached to an aromatic ring is 1. The lowest BCUT2D eigenvalue weighted by molar-refractivity contribution is 0.296. The SMILES string of the molecule is N#Cc1cnc(COc2cccc(Cl)c2)nc1N. The molecule has 1 heterocycles. The molecule has 5 nitrogen and oxygen atoms in total. The number of halogens is 1. The zero-order valence-electron chi connectivity index (χ0n) is 9.30. The van der Waals surface area contributed by atoms with Gasteiger partial charge in [0.05, 0.1) is 6.20 Å². The lowest BCUT2D eigenvalue weighted by atomic mass is 10.3. The molecule has 18 heavy (non-hydrogen) atoms. The topological polar surface area (TPSA) is 84.8 Å². The maximum atomic E-state index is 8.69. The van der Waals surface area contributed by atoms with Crippen LogP contribution in [0.5, 0.6) is 5.75 Å². The number of anilines is 1. The third-order valence-corrected chi connectivity index (χ3v) is 2.39. The minimum absolute atomic E-state index is 0.150. The molecule has 0 saturated heterocycles. The van der Waals surface area contributed by atoms with E-state index in [1.54, 1.807) is 24.3 Å². The average Bonchev–Trinajstić information content (AvgIpc) is 2.37. The maximum Gasteiger partial charge on any atom is 0.168 e. The number of ether oxygens (including phenoxy) is 1. The Balaban J connectivity index is 2.07. The Hall–Kier alpha value is -2.32. The highest BCUT2D eigenvalue weighted by molar-refractivity contribution is 6.30. The van der Waals surface area contributed by atoms with Gasteiger partial charge in [-0.15, -0.1) is 0 Å². The first-order chi connectivity index (χ1) is 8.69. The minimum atomic E-state index is 0.150. The zero-order valence-corrected chi connectivity index (χ0v) is 10.1. The summed E-state index contributed by atoms with van der Waals surface area (Å²) in [6.45, 7) is 0.163. The van der Waals surface area contributed by atoms with E-state index in [4.69, 9.17) is 27.3 Å². The number of aromatic nitrogens is 2. The maximum absolute atomic E-state index is 8.69. The summed E-state index contributed by atoms with van der Waals surface area (Å²) in [4.78, 5) is 7.94. The molecule has 0 atom stereocenters. The molecule has 6 heteroatoms. The first-order valence-corrected chi connectivity index (χ1v) is 5.46. The van der Waals surface area contributed by atoms with Crippen molar-refractivity contribution in [2.45, 2.75) is 6.61 Å². The Morgan fingerprint density at radius 3 is 2.94 bits per heavy atom. The van der Waals surface area contributed by atoms with E-state index in [-0.39, 0.29) is 18.0 Å². The number of hydrogen-bond acceptors (Lipinski definition) is 5. The van der Waals surface area contributed by atoms with Crippen molar-refractivity contribution in [3.05, 3.63) is 46.9 Å². The Bertz CT molecular complexity index is 609. The summed E-state index contributed by atoms with van der Waals surface area (Å²) in [6.07, 6.45) is 1.37. The van der Waals surface area contributed by atoms with E-state index < -0.39 is 0 Å². The molecule has 0 aliphatic rings. The first kappa shape index (κ1) is 12.1. The number of hydrogen-bond donors (Lipinski definition) is 1. The molecule has 0 amide bonds. The van der Waals surface area contributed by atoms with Gasteiger partial charge in [-0.05, 0) is 18.2 Å². The fraction of sp³-hybridized carbons (Fsp3) is 0.0833. The van der Waals surface area contributed by atoms with Gasteiger partial charge in [-0.25, -0.2) is 9.97 Å². The quantitative estimate of drug-likeness (QED) is 0.914. The third kappa shape index (κ3) is 2.87. The van der Waals surface area contributed by atoms with E-state index in [2.05, 4.69) is 9.97 Å². The summed E-state index contributed by atoms with van der Waals surface area (Å²) < 4.78 is 5.45. The van der Waals surface area contributed by atoms with Crippen molar-refractivity contribution >= 4 is 17.4 Å². The summed E-state index contributed by atoms with van der Waals surface area (Å²) in [5.41, 5.74) is 5.83. The molecular weight excluding hydrogens is 252 g/mol. The van der Waals surface area contributed by atoms with E-state index in [0.717, 1.165) is 0 Å². The number of rotatable bonds is 3. The second-order valence-electron chi connectivity index (χ2n) is 3.44. The van der Waals surface area contributed by atoms with Crippen LogP contribution in [0.3, 0.4) is 0 Å². The Labute approximate surface area is 109 Å². The molecule has 2 aromatic rings. The van der Waals surface area contributed by atoms with Crippen molar-refractivity contribution in [3.8, 4) is 11.8 Å². The fourth-order valence-corrected chi connectivity index (χ4v) is 1.47. The number of nitrogens with two attached hydrogens (primary N) is 1. The molecule has 2 N–H and O–H groups in total. The monoisotopic (exact) mass is 260 g/mol. The van der Waals surface area contributed by atoms with Crippen LogP contribution >= 0.6 is 11.6 Å². The van der Waals surface area contributed by atoms with Crippen molar-refractivity contribution in [3.63, 3.8) is 0 Å². The van der Waals surface area contributed by atoms with E-state index in [1.165, 1.54) is 6.20 Å². The molecule has 1 aromatic heterocycles. The normalized spacial score (nSPS) is 9.78. The Kier molecular flexibility index (Phi) is 3.60. The fourth-order valence-electron chi connectivity index (χ4n) is 1.29. The summed E-state index contributed by atoms with van der Waals surface area (Å²) in [5, 5.41) is 9.28. The van der Waals surface area contributed by atoms with Crippen LogP contribution in [0.15, 0.2) is 30.5 Å². The van der Waals surface area contributed by atoms with Crippen LogP contribution in [0, 0.1) is 11.3 Å². The van der Waals surface area contributed by atoms with Crippen molar-refractivity contribution < 1.29 is 4.74 Å². The number of nitrogens with zero attached hydrogens (tertiary/aromatic N) is 3. The molecule has 2 rings (SSSR count). The molecule has 1 aromatic carbocycles. The van der Waals surface area contributed by atoms with E-state index in [9.17, 15) is 0 Å². The Morgan fingerprint density at radius 2 is 2.28 bits per heavy atom. The summed E-state index contributed by atoms with van der Waals surface area (Å²) in [6, 6.07) is 8.90. The summed E-state index contributed by atoms with van der Waals surface area (Å²) in [5.74, 6) is 1.18. The summed E-state index contributed by atoms with van der Waals surface area (Å²) in [7, 11) is 0. The second-order valence-corrected chi connectivity index (χ2v) is 3.88. The van der Waals surface area contributed by atoms with Crippen LogP contribution in [0.4, 0.5) is 5.82 Å². The van der Waals surface area contributed by atoms with E-state index in [0.29, 0.717) is 16.6 Å². The van der Waals surface area contributed by atoms with Gasteiger partial charge in [0.1, 0.15) is 29.8 Å². The molecular formula is C12H9ClN4O. The molecule has 0 fully saturated rings. The highest BCUT2D eigenvalue weighted by atomic mass is 35.5. The number of benzene rings is 1. The molecule has 0 spiro atoms. The molecule has 0 aliphatic heterocycles. The van der Waals surface area contributed by atoms with Gasteiger partial charge < -0.3 is 10.5 Å². The van der Waals surface area contributed by atoms with Gasteiger partial charge in [0, 0.05) is 5.02 Å². The molecule has 0 unspecified atom stereocenters. The van der Waals surface area contributed by atoms with Gasteiger partial charge >= 0.3 is 0 Å². The van der Waals surface area contributed by atoms with Crippen molar-refractivity contribution in [2.75, 3.05) is 5.73 Å². The molecule has 0 radical (unpaired) electrons. The van der Waals surface area contributed by atoms with Gasteiger partial charge in [0.15, 0.2) is 5.82 Å². The number of nitriles is 1. The second kappa shape index (κ2) is 5.34. The first-order valence-electron chi connectivity index (χ1n) is 5.09. The van der Waals surface area contributed by atoms with Crippen LogP contribution in [0.1, 0.15) is 11.4 Å². The standard InChI is InChI=1S/C12H9ClN4O/c13-9-2-1-3-10(4-9)18-7-11-16-6-8(5-14)12(15)17-11/h1-4,6H,7H2,(H2,15,16,17). The van der Waals surface area contributed by atoms with Gasteiger partial charge in [0.25, 0.3) is 0 Å². The van der Waals surface area contributed by atoms with Crippen molar-refractivity contribution in [1.82, 2.24) is 9.97 Å². The molecule has 0 saturated carbocycles. The highest BCUT2D eigenvalue weighted by Crippen LogP contribution is 2.18. The lowest BCUT2D eigenvalue weighted by Gasteiger charge is -2.06. The van der Waals surface area contributed by atoms with Gasteiger partial charge in [0.2, 0.25) is 0 Å². The largest absolute Gasteiger partial charge is 0.486 e. The van der Waals surface area contributed by atoms with Crippen LogP contribution in [-0.4, -0.2) is 9.97 Å².